The molecule has 19 heavy (non-hydrogen) atoms. The molecule has 1 aliphatic heterocycles. The number of benzene rings is 1. The average Bonchev–Trinajstić information content (AvgIpc) is 2.83. The molecule has 0 bridgehead atoms. The molecule has 0 aliphatic carbocycles. The van der Waals surface area contributed by atoms with Crippen LogP contribution in [0.3, 0.4) is 0 Å². The summed E-state index contributed by atoms with van der Waals surface area (Å²) in [7, 11) is 0. The first-order chi connectivity index (χ1) is 9.24. The van der Waals surface area contributed by atoms with Crippen LogP contribution in [0.2, 0.25) is 0 Å². The van der Waals surface area contributed by atoms with E-state index in [1.807, 2.05) is 18.2 Å². The van der Waals surface area contributed by atoms with Crippen molar-refractivity contribution in [2.75, 3.05) is 17.6 Å². The van der Waals surface area contributed by atoms with Crippen molar-refractivity contribution in [3.63, 3.8) is 0 Å². The number of carbonyl (C=O) groups excluding carboxylic acids is 1. The minimum absolute atomic E-state index is 0.114. The van der Waals surface area contributed by atoms with E-state index in [4.69, 9.17) is 0 Å². The van der Waals surface area contributed by atoms with Gasteiger partial charge in [0, 0.05) is 23.9 Å². The Balaban J connectivity index is 2.05. The van der Waals surface area contributed by atoms with Crippen molar-refractivity contribution >= 4 is 23.4 Å². The normalized spacial score (nSPS) is 17.9. The number of anilines is 1. The molecule has 1 atom stereocenters. The van der Waals surface area contributed by atoms with Crippen molar-refractivity contribution in [1.82, 2.24) is 5.32 Å². The summed E-state index contributed by atoms with van der Waals surface area (Å²) in [5.41, 5.74) is 1.54. The smallest absolute Gasteiger partial charge is 0.220 e. The quantitative estimate of drug-likeness (QED) is 0.810. The first kappa shape index (κ1) is 13.8. The van der Waals surface area contributed by atoms with E-state index in [2.05, 4.69) is 23.6 Å². The Hall–Kier alpha value is -1.67. The fourth-order valence-electron chi connectivity index (χ4n) is 2.13. The molecule has 2 N–H and O–H groups in total. The zero-order valence-electron chi connectivity index (χ0n) is 10.9. The maximum absolute atomic E-state index is 11.1. The number of rotatable bonds is 5. The lowest BCUT2D eigenvalue weighted by Gasteiger charge is -2.14. The third-order valence-corrected chi connectivity index (χ3v) is 4.00. The molecule has 1 amide bonds. The van der Waals surface area contributed by atoms with Crippen molar-refractivity contribution in [2.45, 2.75) is 30.7 Å². The third kappa shape index (κ3) is 3.42. The molecule has 0 radical (unpaired) electrons. The van der Waals surface area contributed by atoms with Gasteiger partial charge in [-0.2, -0.15) is 5.26 Å². The van der Waals surface area contributed by atoms with E-state index in [0.29, 0.717) is 18.5 Å². The van der Waals surface area contributed by atoms with Gasteiger partial charge in [-0.05, 0) is 24.3 Å². The molecule has 100 valence electrons. The van der Waals surface area contributed by atoms with Gasteiger partial charge < -0.3 is 10.6 Å². The van der Waals surface area contributed by atoms with Crippen molar-refractivity contribution in [3.05, 3.63) is 23.8 Å². The SMILES string of the molecule is CCSc1cccc(NCC2CCC(=O)N2)c1C#N. The van der Waals surface area contributed by atoms with E-state index in [1.165, 1.54) is 0 Å². The highest BCUT2D eigenvalue weighted by molar-refractivity contribution is 7.99. The molecule has 1 aromatic rings. The Kier molecular flexibility index (Phi) is 4.69. The van der Waals surface area contributed by atoms with Gasteiger partial charge in [0.05, 0.1) is 11.3 Å². The summed E-state index contributed by atoms with van der Waals surface area (Å²) >= 11 is 1.67. The molecule has 1 aromatic carbocycles. The Bertz CT molecular complexity index is 510. The second-order valence-corrected chi connectivity index (χ2v) is 5.71. The topological polar surface area (TPSA) is 64.9 Å². The van der Waals surface area contributed by atoms with E-state index < -0.39 is 0 Å². The van der Waals surface area contributed by atoms with E-state index in [9.17, 15) is 10.1 Å². The largest absolute Gasteiger partial charge is 0.382 e. The summed E-state index contributed by atoms with van der Waals surface area (Å²) in [6, 6.07) is 8.26. The Morgan fingerprint density at radius 1 is 1.58 bits per heavy atom. The van der Waals surface area contributed by atoms with Gasteiger partial charge in [-0.15, -0.1) is 11.8 Å². The van der Waals surface area contributed by atoms with Crippen molar-refractivity contribution in [1.29, 1.82) is 5.26 Å². The van der Waals surface area contributed by atoms with Crippen molar-refractivity contribution in [2.24, 2.45) is 0 Å². The number of hydrogen-bond acceptors (Lipinski definition) is 4. The fourth-order valence-corrected chi connectivity index (χ4v) is 2.92. The summed E-state index contributed by atoms with van der Waals surface area (Å²) in [6.07, 6.45) is 1.46. The van der Waals surface area contributed by atoms with Gasteiger partial charge in [-0.25, -0.2) is 0 Å². The lowest BCUT2D eigenvalue weighted by atomic mass is 10.1. The van der Waals surface area contributed by atoms with Gasteiger partial charge in [0.1, 0.15) is 6.07 Å². The van der Waals surface area contributed by atoms with Crippen molar-refractivity contribution in [3.8, 4) is 6.07 Å². The molecule has 2 rings (SSSR count). The molecule has 5 heteroatoms. The van der Waals surface area contributed by atoms with Crippen LogP contribution in [0.4, 0.5) is 5.69 Å². The standard InChI is InChI=1S/C14H17N3OS/c1-2-19-13-5-3-4-12(11(13)8-15)16-9-10-6-7-14(18)17-10/h3-5,10,16H,2,6-7,9H2,1H3,(H,17,18). The molecular weight excluding hydrogens is 258 g/mol. The van der Waals surface area contributed by atoms with Crippen LogP contribution in [-0.2, 0) is 4.79 Å². The lowest BCUT2D eigenvalue weighted by molar-refractivity contribution is -0.119. The van der Waals surface area contributed by atoms with Crippen LogP contribution < -0.4 is 10.6 Å². The fraction of sp³-hybridized carbons (Fsp3) is 0.429. The minimum Gasteiger partial charge on any atom is -0.382 e. The number of nitrogens with one attached hydrogen (secondary N) is 2. The van der Waals surface area contributed by atoms with Crippen molar-refractivity contribution < 1.29 is 4.79 Å². The van der Waals surface area contributed by atoms with Gasteiger partial charge in [0.25, 0.3) is 0 Å². The summed E-state index contributed by atoms with van der Waals surface area (Å²) in [4.78, 5) is 12.1. The van der Waals surface area contributed by atoms with Crippen LogP contribution in [0, 0.1) is 11.3 Å². The number of thioether (sulfide) groups is 1. The highest BCUT2D eigenvalue weighted by Crippen LogP contribution is 2.27. The van der Waals surface area contributed by atoms with Gasteiger partial charge in [-0.3, -0.25) is 4.79 Å². The predicted molar refractivity (Wildman–Crippen MR) is 77.2 cm³/mol. The average molecular weight is 275 g/mol. The monoisotopic (exact) mass is 275 g/mol. The third-order valence-electron chi connectivity index (χ3n) is 3.06. The molecule has 1 saturated heterocycles. The first-order valence-electron chi connectivity index (χ1n) is 6.43. The lowest BCUT2D eigenvalue weighted by Crippen LogP contribution is -2.31. The maximum Gasteiger partial charge on any atom is 0.220 e. The zero-order chi connectivity index (χ0) is 13.7. The zero-order valence-corrected chi connectivity index (χ0v) is 11.7. The number of hydrogen-bond donors (Lipinski definition) is 2. The Morgan fingerprint density at radius 3 is 3.05 bits per heavy atom. The molecule has 0 spiro atoms. The van der Waals surface area contributed by atoms with Gasteiger partial charge in [0.2, 0.25) is 5.91 Å². The molecule has 1 aliphatic rings. The van der Waals surface area contributed by atoms with E-state index in [-0.39, 0.29) is 11.9 Å². The molecule has 0 aromatic heterocycles. The Labute approximate surface area is 117 Å². The summed E-state index contributed by atoms with van der Waals surface area (Å²) in [5.74, 6) is 1.05. The van der Waals surface area contributed by atoms with E-state index >= 15 is 0 Å². The second kappa shape index (κ2) is 6.48. The highest BCUT2D eigenvalue weighted by Gasteiger charge is 2.20. The van der Waals surface area contributed by atoms with E-state index in [1.54, 1.807) is 11.8 Å². The molecule has 0 saturated carbocycles. The summed E-state index contributed by atoms with van der Waals surface area (Å²) < 4.78 is 0. The first-order valence-corrected chi connectivity index (χ1v) is 7.42. The summed E-state index contributed by atoms with van der Waals surface area (Å²) in [5, 5.41) is 15.5. The Morgan fingerprint density at radius 2 is 2.42 bits per heavy atom. The number of carbonyl (C=O) groups is 1. The number of amides is 1. The van der Waals surface area contributed by atoms with Crippen LogP contribution in [0.1, 0.15) is 25.3 Å². The number of nitrogens with zero attached hydrogens (tertiary/aromatic N) is 1. The minimum atomic E-state index is 0.114. The van der Waals surface area contributed by atoms with Crippen LogP contribution in [0.25, 0.3) is 0 Å². The van der Waals surface area contributed by atoms with Crippen LogP contribution in [0.5, 0.6) is 0 Å². The van der Waals surface area contributed by atoms with E-state index in [0.717, 1.165) is 22.8 Å². The molecule has 1 unspecified atom stereocenters. The maximum atomic E-state index is 11.1. The molecule has 1 fully saturated rings. The summed E-state index contributed by atoms with van der Waals surface area (Å²) in [6.45, 7) is 2.74. The van der Waals surface area contributed by atoms with Crippen LogP contribution >= 0.6 is 11.8 Å². The van der Waals surface area contributed by atoms with Gasteiger partial charge >= 0.3 is 0 Å². The molecule has 4 nitrogen and oxygen atoms in total. The van der Waals surface area contributed by atoms with Crippen LogP contribution in [0.15, 0.2) is 23.1 Å². The van der Waals surface area contributed by atoms with Gasteiger partial charge in [-0.1, -0.05) is 13.0 Å². The predicted octanol–water partition coefficient (Wildman–Crippen LogP) is 2.36. The highest BCUT2D eigenvalue weighted by atomic mass is 32.2. The second-order valence-electron chi connectivity index (χ2n) is 4.41. The van der Waals surface area contributed by atoms with Gasteiger partial charge in [0.15, 0.2) is 0 Å². The number of nitriles is 1. The van der Waals surface area contributed by atoms with Crippen LogP contribution in [-0.4, -0.2) is 24.2 Å². The molecule has 1 heterocycles. The molecular formula is C14H17N3OS.